The van der Waals surface area contributed by atoms with Gasteiger partial charge in [0, 0.05) is 12.1 Å². The van der Waals surface area contributed by atoms with Crippen LogP contribution in [0, 0.1) is 0 Å². The molecular formula is C23H20N2O2. The molecule has 0 aliphatic heterocycles. The molecule has 0 aliphatic carbocycles. The number of hydrogen-bond acceptors (Lipinski definition) is 2. The first kappa shape index (κ1) is 18.1. The average Bonchev–Trinajstić information content (AvgIpc) is 2.72. The summed E-state index contributed by atoms with van der Waals surface area (Å²) >= 11 is 0. The molecule has 0 atom stereocenters. The van der Waals surface area contributed by atoms with Crippen LogP contribution in [-0.4, -0.2) is 18.4 Å². The topological polar surface area (TPSA) is 58.2 Å². The van der Waals surface area contributed by atoms with Crippen LogP contribution in [-0.2, 0) is 4.79 Å². The fraction of sp³-hybridized carbons (Fsp3) is 0.0435. The Bertz CT molecular complexity index is 1000. The van der Waals surface area contributed by atoms with Crippen molar-refractivity contribution in [1.29, 1.82) is 0 Å². The highest BCUT2D eigenvalue weighted by atomic mass is 16.2. The molecule has 0 aromatic heterocycles. The molecule has 0 fully saturated rings. The van der Waals surface area contributed by atoms with Crippen molar-refractivity contribution in [1.82, 2.24) is 10.6 Å². The van der Waals surface area contributed by atoms with Gasteiger partial charge in [0.05, 0.1) is 0 Å². The van der Waals surface area contributed by atoms with E-state index in [-0.39, 0.29) is 17.5 Å². The Kier molecular flexibility index (Phi) is 5.80. The maximum absolute atomic E-state index is 12.6. The summed E-state index contributed by atoms with van der Waals surface area (Å²) in [5.74, 6) is -0.706. The predicted molar refractivity (Wildman–Crippen MR) is 109 cm³/mol. The van der Waals surface area contributed by atoms with E-state index < -0.39 is 0 Å². The third-order valence-electron chi connectivity index (χ3n) is 4.06. The summed E-state index contributed by atoms with van der Waals surface area (Å²) in [5, 5.41) is 7.51. The van der Waals surface area contributed by atoms with Gasteiger partial charge in [0.15, 0.2) is 0 Å². The van der Waals surface area contributed by atoms with Crippen molar-refractivity contribution in [3.63, 3.8) is 0 Å². The van der Waals surface area contributed by atoms with Crippen molar-refractivity contribution in [2.45, 2.75) is 0 Å². The van der Waals surface area contributed by atoms with Crippen LogP contribution in [0.3, 0.4) is 0 Å². The van der Waals surface area contributed by atoms with Gasteiger partial charge in [-0.2, -0.15) is 0 Å². The first-order chi connectivity index (χ1) is 13.2. The zero-order valence-electron chi connectivity index (χ0n) is 14.8. The smallest absolute Gasteiger partial charge is 0.268 e. The SMILES string of the molecule is C=CCNC(=O)C(=Cc1cccc2ccccc12)NC(=O)c1ccccc1. The highest BCUT2D eigenvalue weighted by Crippen LogP contribution is 2.20. The Labute approximate surface area is 158 Å². The third-order valence-corrected chi connectivity index (χ3v) is 4.06. The highest BCUT2D eigenvalue weighted by molar-refractivity contribution is 6.06. The number of benzene rings is 3. The summed E-state index contributed by atoms with van der Waals surface area (Å²) in [6, 6.07) is 22.5. The third kappa shape index (κ3) is 4.50. The van der Waals surface area contributed by atoms with Gasteiger partial charge in [0.2, 0.25) is 0 Å². The minimum atomic E-state index is -0.368. The molecule has 3 rings (SSSR count). The van der Waals surface area contributed by atoms with Gasteiger partial charge in [-0.1, -0.05) is 66.7 Å². The van der Waals surface area contributed by atoms with Crippen LogP contribution in [0.2, 0.25) is 0 Å². The molecule has 4 nitrogen and oxygen atoms in total. The van der Waals surface area contributed by atoms with Gasteiger partial charge in [0.25, 0.3) is 11.8 Å². The second kappa shape index (κ2) is 8.63. The number of hydrogen-bond donors (Lipinski definition) is 2. The van der Waals surface area contributed by atoms with E-state index in [9.17, 15) is 9.59 Å². The molecule has 3 aromatic carbocycles. The summed E-state index contributed by atoms with van der Waals surface area (Å²) in [6.07, 6.45) is 3.29. The summed E-state index contributed by atoms with van der Waals surface area (Å²) < 4.78 is 0. The van der Waals surface area contributed by atoms with E-state index >= 15 is 0 Å². The first-order valence-electron chi connectivity index (χ1n) is 8.64. The van der Waals surface area contributed by atoms with Crippen molar-refractivity contribution in [3.8, 4) is 0 Å². The lowest BCUT2D eigenvalue weighted by Gasteiger charge is -2.11. The van der Waals surface area contributed by atoms with Crippen LogP contribution in [0.5, 0.6) is 0 Å². The summed E-state index contributed by atoms with van der Waals surface area (Å²) in [7, 11) is 0. The molecule has 0 bridgehead atoms. The molecule has 0 heterocycles. The Morgan fingerprint density at radius 3 is 2.37 bits per heavy atom. The monoisotopic (exact) mass is 356 g/mol. The van der Waals surface area contributed by atoms with E-state index in [1.165, 1.54) is 0 Å². The number of carbonyl (C=O) groups excluding carboxylic acids is 2. The van der Waals surface area contributed by atoms with Gasteiger partial charge < -0.3 is 10.6 Å². The molecule has 0 unspecified atom stereocenters. The van der Waals surface area contributed by atoms with Gasteiger partial charge in [-0.15, -0.1) is 6.58 Å². The minimum absolute atomic E-state index is 0.182. The minimum Gasteiger partial charge on any atom is -0.347 e. The lowest BCUT2D eigenvalue weighted by Crippen LogP contribution is -2.34. The summed E-state index contributed by atoms with van der Waals surface area (Å²) in [6.45, 7) is 3.92. The second-order valence-electron chi connectivity index (χ2n) is 5.95. The normalized spacial score (nSPS) is 11.0. The van der Waals surface area contributed by atoms with Gasteiger partial charge in [-0.25, -0.2) is 0 Å². The number of rotatable bonds is 6. The van der Waals surface area contributed by atoms with Crippen LogP contribution < -0.4 is 10.6 Å². The van der Waals surface area contributed by atoms with E-state index in [2.05, 4.69) is 17.2 Å². The second-order valence-corrected chi connectivity index (χ2v) is 5.95. The number of nitrogens with one attached hydrogen (secondary N) is 2. The maximum Gasteiger partial charge on any atom is 0.268 e. The largest absolute Gasteiger partial charge is 0.347 e. The Morgan fingerprint density at radius 1 is 0.889 bits per heavy atom. The Balaban J connectivity index is 1.98. The van der Waals surface area contributed by atoms with E-state index in [4.69, 9.17) is 0 Å². The molecule has 2 amide bonds. The lowest BCUT2D eigenvalue weighted by molar-refractivity contribution is -0.117. The van der Waals surface area contributed by atoms with Crippen molar-refractivity contribution < 1.29 is 9.59 Å². The predicted octanol–water partition coefficient (Wildman–Crippen LogP) is 3.91. The highest BCUT2D eigenvalue weighted by Gasteiger charge is 2.14. The fourth-order valence-electron chi connectivity index (χ4n) is 2.73. The number of amides is 2. The fourth-order valence-corrected chi connectivity index (χ4v) is 2.73. The Hall–Kier alpha value is -3.66. The van der Waals surface area contributed by atoms with Gasteiger partial charge in [0.1, 0.15) is 5.70 Å². The van der Waals surface area contributed by atoms with Crippen LogP contribution in [0.25, 0.3) is 16.8 Å². The molecule has 134 valence electrons. The van der Waals surface area contributed by atoms with E-state index in [0.717, 1.165) is 16.3 Å². The molecule has 3 aromatic rings. The number of fused-ring (bicyclic) bond motifs is 1. The van der Waals surface area contributed by atoms with E-state index in [1.54, 1.807) is 36.4 Å². The van der Waals surface area contributed by atoms with E-state index in [1.807, 2.05) is 48.5 Å². The molecule has 0 saturated carbocycles. The van der Waals surface area contributed by atoms with Gasteiger partial charge >= 0.3 is 0 Å². The molecule has 4 heteroatoms. The number of carbonyl (C=O) groups is 2. The van der Waals surface area contributed by atoms with Crippen LogP contribution in [0.4, 0.5) is 0 Å². The standard InChI is InChI=1S/C23H20N2O2/c1-2-15-24-23(27)21(25-22(26)18-10-4-3-5-11-18)16-19-13-8-12-17-9-6-7-14-20(17)19/h2-14,16H,1,15H2,(H,24,27)(H,25,26). The van der Waals surface area contributed by atoms with Gasteiger partial charge in [-0.05, 0) is 34.5 Å². The van der Waals surface area contributed by atoms with Crippen molar-refractivity contribution in [2.75, 3.05) is 6.54 Å². The Morgan fingerprint density at radius 2 is 1.59 bits per heavy atom. The van der Waals surface area contributed by atoms with Crippen molar-refractivity contribution in [3.05, 3.63) is 102 Å². The summed E-state index contributed by atoms with van der Waals surface area (Å²) in [5.41, 5.74) is 1.52. The molecule has 0 radical (unpaired) electrons. The molecule has 27 heavy (non-hydrogen) atoms. The lowest BCUT2D eigenvalue weighted by atomic mass is 10.0. The molecule has 0 spiro atoms. The van der Waals surface area contributed by atoms with Gasteiger partial charge in [-0.3, -0.25) is 9.59 Å². The van der Waals surface area contributed by atoms with Crippen LogP contribution in [0.15, 0.2) is 91.1 Å². The quantitative estimate of drug-likeness (QED) is 0.520. The van der Waals surface area contributed by atoms with Crippen LogP contribution in [0.1, 0.15) is 15.9 Å². The maximum atomic E-state index is 12.6. The van der Waals surface area contributed by atoms with E-state index in [0.29, 0.717) is 12.1 Å². The summed E-state index contributed by atoms with van der Waals surface area (Å²) in [4.78, 5) is 25.1. The van der Waals surface area contributed by atoms with Crippen molar-refractivity contribution >= 4 is 28.7 Å². The molecule has 0 aliphatic rings. The molecule has 2 N–H and O–H groups in total. The van der Waals surface area contributed by atoms with Crippen molar-refractivity contribution in [2.24, 2.45) is 0 Å². The van der Waals surface area contributed by atoms with Crippen LogP contribution >= 0.6 is 0 Å². The average molecular weight is 356 g/mol. The first-order valence-corrected chi connectivity index (χ1v) is 8.64. The zero-order chi connectivity index (χ0) is 19.1. The zero-order valence-corrected chi connectivity index (χ0v) is 14.8. The molecular weight excluding hydrogens is 336 g/mol. The molecule has 0 saturated heterocycles.